The zero-order valence-electron chi connectivity index (χ0n) is 11.0. The van der Waals surface area contributed by atoms with Gasteiger partial charge in [0.05, 0.1) is 12.8 Å². The number of hydrogen-bond acceptors (Lipinski definition) is 6. The molecule has 1 aliphatic heterocycles. The number of sulfonamides is 1. The number of benzene rings is 1. The molecule has 0 aromatic heterocycles. The summed E-state index contributed by atoms with van der Waals surface area (Å²) in [5, 5.41) is 2.61. The molecule has 8 heteroatoms. The Morgan fingerprint density at radius 3 is 2.80 bits per heavy atom. The van der Waals surface area contributed by atoms with Gasteiger partial charge >= 0.3 is 5.97 Å². The number of para-hydroxylation sites is 1. The van der Waals surface area contributed by atoms with Gasteiger partial charge in [-0.1, -0.05) is 30.8 Å². The first kappa shape index (κ1) is 14.9. The topological polar surface area (TPSA) is 84.8 Å². The number of nitrogens with zero attached hydrogens (tertiary/aromatic N) is 1. The van der Waals surface area contributed by atoms with Gasteiger partial charge in [0.15, 0.2) is 5.17 Å². The van der Waals surface area contributed by atoms with Crippen LogP contribution in [0.4, 0.5) is 5.69 Å². The lowest BCUT2D eigenvalue weighted by molar-refractivity contribution is -0.139. The van der Waals surface area contributed by atoms with E-state index in [0.29, 0.717) is 12.1 Å². The molecule has 0 radical (unpaired) electrons. The normalized spacial score (nSPS) is 17.4. The van der Waals surface area contributed by atoms with Crippen molar-refractivity contribution in [3.8, 4) is 0 Å². The number of nitrogens with one attached hydrogen (secondary N) is 1. The van der Waals surface area contributed by atoms with Crippen molar-refractivity contribution in [3.05, 3.63) is 24.3 Å². The van der Waals surface area contributed by atoms with Gasteiger partial charge in [-0.2, -0.15) is 8.42 Å². The van der Waals surface area contributed by atoms with Crippen molar-refractivity contribution in [2.45, 2.75) is 23.5 Å². The number of rotatable bonds is 3. The number of hydrogen-bond donors (Lipinski definition) is 1. The van der Waals surface area contributed by atoms with Crippen LogP contribution in [0.3, 0.4) is 0 Å². The van der Waals surface area contributed by atoms with Crippen molar-refractivity contribution in [2.75, 3.05) is 12.4 Å². The van der Waals surface area contributed by atoms with Crippen LogP contribution < -0.4 is 5.32 Å². The molecule has 1 aliphatic rings. The van der Waals surface area contributed by atoms with E-state index in [9.17, 15) is 13.2 Å². The molecule has 0 bridgehead atoms. The summed E-state index contributed by atoms with van der Waals surface area (Å²) in [6.45, 7) is 1.82. The van der Waals surface area contributed by atoms with Gasteiger partial charge in [-0.05, 0) is 18.6 Å². The summed E-state index contributed by atoms with van der Waals surface area (Å²) in [5.74, 6) is -0.404. The Morgan fingerprint density at radius 1 is 1.45 bits per heavy atom. The number of esters is 1. The Morgan fingerprint density at radius 2 is 2.15 bits per heavy atom. The van der Waals surface area contributed by atoms with Gasteiger partial charge in [-0.25, -0.2) is 0 Å². The van der Waals surface area contributed by atoms with Gasteiger partial charge in [0.1, 0.15) is 10.1 Å². The monoisotopic (exact) mass is 314 g/mol. The quantitative estimate of drug-likeness (QED) is 0.857. The highest BCUT2D eigenvalue weighted by Crippen LogP contribution is 2.30. The highest BCUT2D eigenvalue weighted by atomic mass is 32.2. The molecule has 1 atom stereocenters. The summed E-state index contributed by atoms with van der Waals surface area (Å²) >= 11 is 1.05. The van der Waals surface area contributed by atoms with Crippen molar-refractivity contribution in [1.29, 1.82) is 0 Å². The standard InChI is InChI=1S/C12H14N2O4S2/c1-3-9(11(15)18-2)19-12-13-8-6-4-5-7-10(8)20(16,17)14-12/h4-7,9H,3H2,1-2H3,(H,13,14). The predicted octanol–water partition coefficient (Wildman–Crippen LogP) is 1.84. The number of carbonyl (C=O) groups excluding carboxylic acids is 1. The van der Waals surface area contributed by atoms with E-state index in [-0.39, 0.29) is 10.1 Å². The van der Waals surface area contributed by atoms with Crippen LogP contribution in [0.1, 0.15) is 13.3 Å². The fraction of sp³-hybridized carbons (Fsp3) is 0.333. The average Bonchev–Trinajstić information content (AvgIpc) is 2.43. The van der Waals surface area contributed by atoms with Crippen molar-refractivity contribution in [2.24, 2.45) is 4.40 Å². The van der Waals surface area contributed by atoms with E-state index in [2.05, 4.69) is 14.5 Å². The number of fused-ring (bicyclic) bond motifs is 1. The SMILES string of the molecule is CCC(SC1=NS(=O)(=O)c2ccccc2N1)C(=O)OC. The van der Waals surface area contributed by atoms with Crippen LogP contribution in [0.5, 0.6) is 0 Å². The fourth-order valence-corrected chi connectivity index (χ4v) is 3.98. The van der Waals surface area contributed by atoms with E-state index in [4.69, 9.17) is 0 Å². The maximum absolute atomic E-state index is 12.0. The van der Waals surface area contributed by atoms with Crippen LogP contribution >= 0.6 is 11.8 Å². The molecule has 20 heavy (non-hydrogen) atoms. The van der Waals surface area contributed by atoms with E-state index >= 15 is 0 Å². The highest BCUT2D eigenvalue weighted by Gasteiger charge is 2.28. The molecule has 1 N–H and O–H groups in total. The summed E-state index contributed by atoms with van der Waals surface area (Å²) in [6, 6.07) is 6.50. The Balaban J connectivity index is 2.28. The van der Waals surface area contributed by atoms with Gasteiger partial charge in [0.2, 0.25) is 0 Å². The van der Waals surface area contributed by atoms with E-state index in [1.165, 1.54) is 13.2 Å². The Hall–Kier alpha value is -1.54. The second kappa shape index (κ2) is 5.84. The smallest absolute Gasteiger partial charge is 0.319 e. The second-order valence-corrected chi connectivity index (χ2v) is 6.79. The highest BCUT2D eigenvalue weighted by molar-refractivity contribution is 8.15. The summed E-state index contributed by atoms with van der Waals surface area (Å²) in [5.41, 5.74) is 0.463. The lowest BCUT2D eigenvalue weighted by Gasteiger charge is -2.19. The summed E-state index contributed by atoms with van der Waals surface area (Å²) in [7, 11) is -2.43. The van der Waals surface area contributed by atoms with Crippen LogP contribution in [-0.4, -0.2) is 31.9 Å². The first-order valence-corrected chi connectivity index (χ1v) is 8.25. The molecule has 6 nitrogen and oxygen atoms in total. The molecule has 1 aromatic carbocycles. The fourth-order valence-electron chi connectivity index (χ4n) is 1.71. The third-order valence-corrected chi connectivity index (χ3v) is 5.38. The molecule has 0 saturated carbocycles. The largest absolute Gasteiger partial charge is 0.468 e. The van der Waals surface area contributed by atoms with Crippen molar-refractivity contribution >= 4 is 38.6 Å². The minimum absolute atomic E-state index is 0.135. The van der Waals surface area contributed by atoms with Crippen LogP contribution in [0.2, 0.25) is 0 Å². The van der Waals surface area contributed by atoms with E-state index in [0.717, 1.165) is 11.8 Å². The molecule has 2 rings (SSSR count). The van der Waals surface area contributed by atoms with E-state index in [1.807, 2.05) is 6.92 Å². The minimum atomic E-state index is -3.72. The van der Waals surface area contributed by atoms with Crippen LogP contribution in [-0.2, 0) is 19.6 Å². The van der Waals surface area contributed by atoms with Crippen molar-refractivity contribution in [1.82, 2.24) is 0 Å². The molecule has 0 saturated heterocycles. The first-order chi connectivity index (χ1) is 9.47. The number of amidine groups is 1. The zero-order valence-corrected chi connectivity index (χ0v) is 12.6. The van der Waals surface area contributed by atoms with Gasteiger partial charge in [0, 0.05) is 0 Å². The maximum Gasteiger partial charge on any atom is 0.319 e. The number of ether oxygens (including phenoxy) is 1. The molecule has 0 aliphatic carbocycles. The van der Waals surface area contributed by atoms with Crippen LogP contribution in [0.15, 0.2) is 33.6 Å². The summed E-state index contributed by atoms with van der Waals surface area (Å²) in [4.78, 5) is 11.7. The minimum Gasteiger partial charge on any atom is -0.468 e. The van der Waals surface area contributed by atoms with Gasteiger partial charge in [0.25, 0.3) is 10.0 Å². The van der Waals surface area contributed by atoms with Gasteiger partial charge in [-0.3, -0.25) is 4.79 Å². The zero-order chi connectivity index (χ0) is 14.8. The summed E-state index contributed by atoms with van der Waals surface area (Å²) < 4.78 is 32.4. The molecule has 1 heterocycles. The number of thioether (sulfide) groups is 1. The molecular formula is C12H14N2O4S2. The lowest BCUT2D eigenvalue weighted by Crippen LogP contribution is -2.25. The average molecular weight is 314 g/mol. The van der Waals surface area contributed by atoms with E-state index in [1.54, 1.807) is 18.2 Å². The van der Waals surface area contributed by atoms with E-state index < -0.39 is 21.2 Å². The molecule has 1 aromatic rings. The number of anilines is 1. The Labute approximate surface area is 121 Å². The molecule has 0 spiro atoms. The Bertz CT molecular complexity index is 655. The number of carbonyl (C=O) groups is 1. The predicted molar refractivity (Wildman–Crippen MR) is 78.4 cm³/mol. The molecule has 1 unspecified atom stereocenters. The van der Waals surface area contributed by atoms with Gasteiger partial charge < -0.3 is 10.1 Å². The van der Waals surface area contributed by atoms with Crippen LogP contribution in [0.25, 0.3) is 0 Å². The molecule has 0 amide bonds. The lowest BCUT2D eigenvalue weighted by atomic mass is 10.3. The third kappa shape index (κ3) is 2.96. The Kier molecular flexibility index (Phi) is 4.34. The summed E-state index contributed by atoms with van der Waals surface area (Å²) in [6.07, 6.45) is 0.514. The van der Waals surface area contributed by atoms with Crippen molar-refractivity contribution in [3.63, 3.8) is 0 Å². The molecular weight excluding hydrogens is 300 g/mol. The van der Waals surface area contributed by atoms with Crippen molar-refractivity contribution < 1.29 is 17.9 Å². The number of methoxy groups -OCH3 is 1. The maximum atomic E-state index is 12.0. The third-order valence-electron chi connectivity index (χ3n) is 2.70. The van der Waals surface area contributed by atoms with Gasteiger partial charge in [-0.15, -0.1) is 4.40 Å². The molecule has 0 fully saturated rings. The van der Waals surface area contributed by atoms with Crippen LogP contribution in [0, 0.1) is 0 Å². The first-order valence-electron chi connectivity index (χ1n) is 5.93. The second-order valence-electron chi connectivity index (χ2n) is 4.03. The molecule has 108 valence electrons.